The standard InChI is InChI=1S/C10H14O4/c1-3-11-7-5-13-10-8(12-4-2)6-14-9(7)10/h3-4,7-10H,1-2,5-6H2/t7-,8+,9?,10?. The van der Waals surface area contributed by atoms with Gasteiger partial charge in [0.1, 0.15) is 24.4 Å². The van der Waals surface area contributed by atoms with Gasteiger partial charge in [-0.15, -0.1) is 0 Å². The summed E-state index contributed by atoms with van der Waals surface area (Å²) in [7, 11) is 0. The van der Waals surface area contributed by atoms with Crippen LogP contribution in [0.2, 0.25) is 0 Å². The van der Waals surface area contributed by atoms with Crippen LogP contribution in [0.1, 0.15) is 0 Å². The molecule has 14 heavy (non-hydrogen) atoms. The molecule has 2 aliphatic heterocycles. The van der Waals surface area contributed by atoms with Crippen LogP contribution in [0, 0.1) is 0 Å². The topological polar surface area (TPSA) is 36.9 Å². The number of hydrogen-bond acceptors (Lipinski definition) is 4. The van der Waals surface area contributed by atoms with Crippen molar-refractivity contribution in [3.63, 3.8) is 0 Å². The minimum absolute atomic E-state index is 0.0436. The first-order valence-corrected chi connectivity index (χ1v) is 4.62. The zero-order chi connectivity index (χ0) is 9.97. The predicted octanol–water partition coefficient (Wildman–Crippen LogP) is 0.841. The minimum Gasteiger partial charge on any atom is -0.493 e. The van der Waals surface area contributed by atoms with Gasteiger partial charge in [-0.3, -0.25) is 0 Å². The highest BCUT2D eigenvalue weighted by Gasteiger charge is 2.49. The van der Waals surface area contributed by atoms with Crippen LogP contribution in [0.15, 0.2) is 25.7 Å². The van der Waals surface area contributed by atoms with Crippen molar-refractivity contribution in [1.29, 1.82) is 0 Å². The molecule has 0 aromatic heterocycles. The summed E-state index contributed by atoms with van der Waals surface area (Å²) in [6.45, 7) is 8.08. The van der Waals surface area contributed by atoms with Gasteiger partial charge in [-0.25, -0.2) is 0 Å². The average Bonchev–Trinajstić information content (AvgIpc) is 2.72. The lowest BCUT2D eigenvalue weighted by atomic mass is 10.1. The molecule has 4 nitrogen and oxygen atoms in total. The lowest BCUT2D eigenvalue weighted by molar-refractivity contribution is -0.00737. The van der Waals surface area contributed by atoms with Gasteiger partial charge >= 0.3 is 0 Å². The minimum atomic E-state index is -0.0593. The molecule has 0 aliphatic carbocycles. The fourth-order valence-corrected chi connectivity index (χ4v) is 1.91. The van der Waals surface area contributed by atoms with Crippen molar-refractivity contribution in [2.24, 2.45) is 0 Å². The first-order chi connectivity index (χ1) is 6.86. The van der Waals surface area contributed by atoms with Gasteiger partial charge in [0.25, 0.3) is 0 Å². The van der Waals surface area contributed by atoms with Crippen LogP contribution in [-0.4, -0.2) is 37.6 Å². The molecule has 0 aromatic rings. The second-order valence-electron chi connectivity index (χ2n) is 3.28. The van der Waals surface area contributed by atoms with Crippen molar-refractivity contribution in [1.82, 2.24) is 0 Å². The molecular formula is C10H14O4. The van der Waals surface area contributed by atoms with E-state index in [1.54, 1.807) is 0 Å². The average molecular weight is 198 g/mol. The largest absolute Gasteiger partial charge is 0.493 e. The Kier molecular flexibility index (Phi) is 2.74. The van der Waals surface area contributed by atoms with Gasteiger partial charge in [-0.2, -0.15) is 0 Å². The van der Waals surface area contributed by atoms with E-state index in [9.17, 15) is 0 Å². The lowest BCUT2D eigenvalue weighted by Gasteiger charge is -2.15. The summed E-state index contributed by atoms with van der Waals surface area (Å²) in [4.78, 5) is 0. The van der Waals surface area contributed by atoms with Gasteiger partial charge in [-0.1, -0.05) is 13.2 Å². The van der Waals surface area contributed by atoms with Gasteiger partial charge in [0.05, 0.1) is 25.7 Å². The van der Waals surface area contributed by atoms with E-state index in [0.717, 1.165) is 0 Å². The third kappa shape index (κ3) is 1.51. The Morgan fingerprint density at radius 1 is 0.929 bits per heavy atom. The van der Waals surface area contributed by atoms with E-state index in [1.165, 1.54) is 12.5 Å². The fourth-order valence-electron chi connectivity index (χ4n) is 1.91. The molecule has 0 amide bonds. The van der Waals surface area contributed by atoms with Crippen LogP contribution < -0.4 is 0 Å². The maximum Gasteiger partial charge on any atom is 0.150 e. The molecule has 78 valence electrons. The third-order valence-corrected chi connectivity index (χ3v) is 2.50. The van der Waals surface area contributed by atoms with Gasteiger partial charge < -0.3 is 18.9 Å². The Bertz CT molecular complexity index is 204. The second kappa shape index (κ2) is 4.02. The molecule has 4 heteroatoms. The van der Waals surface area contributed by atoms with E-state index in [0.29, 0.717) is 13.2 Å². The lowest BCUT2D eigenvalue weighted by Crippen LogP contribution is -2.32. The SMILES string of the molecule is C=CO[C@H]1COC2C1OC[C@H]2OC=C. The molecule has 2 unspecified atom stereocenters. The Hall–Kier alpha value is -1.00. The van der Waals surface area contributed by atoms with Crippen LogP contribution >= 0.6 is 0 Å². The highest BCUT2D eigenvalue weighted by molar-refractivity contribution is 4.96. The molecule has 2 fully saturated rings. The molecule has 2 rings (SSSR count). The maximum absolute atomic E-state index is 5.54. The normalized spacial score (nSPS) is 40.3. The summed E-state index contributed by atoms with van der Waals surface area (Å²) in [5.74, 6) is 0. The van der Waals surface area contributed by atoms with E-state index in [1.807, 2.05) is 0 Å². The number of rotatable bonds is 4. The van der Waals surface area contributed by atoms with E-state index in [4.69, 9.17) is 18.9 Å². The Labute approximate surface area is 83.1 Å². The van der Waals surface area contributed by atoms with E-state index in [-0.39, 0.29) is 24.4 Å². The molecule has 0 saturated carbocycles. The van der Waals surface area contributed by atoms with Crippen LogP contribution in [0.25, 0.3) is 0 Å². The zero-order valence-corrected chi connectivity index (χ0v) is 7.93. The highest BCUT2D eigenvalue weighted by atomic mass is 16.6. The molecular weight excluding hydrogens is 184 g/mol. The van der Waals surface area contributed by atoms with Crippen molar-refractivity contribution in [2.75, 3.05) is 13.2 Å². The molecule has 2 heterocycles. The number of ether oxygens (including phenoxy) is 4. The Morgan fingerprint density at radius 3 is 1.71 bits per heavy atom. The summed E-state index contributed by atoms with van der Waals surface area (Å²) in [5, 5.41) is 0. The molecule has 0 N–H and O–H groups in total. The van der Waals surface area contributed by atoms with E-state index >= 15 is 0 Å². The van der Waals surface area contributed by atoms with Crippen LogP contribution in [0.3, 0.4) is 0 Å². The van der Waals surface area contributed by atoms with E-state index in [2.05, 4.69) is 13.2 Å². The first kappa shape index (κ1) is 9.55. The summed E-state index contributed by atoms with van der Waals surface area (Å²) >= 11 is 0. The van der Waals surface area contributed by atoms with Gasteiger partial charge in [0, 0.05) is 0 Å². The predicted molar refractivity (Wildman–Crippen MR) is 49.6 cm³/mol. The second-order valence-corrected chi connectivity index (χ2v) is 3.28. The summed E-state index contributed by atoms with van der Waals surface area (Å²) in [6, 6.07) is 0. The fraction of sp³-hybridized carbons (Fsp3) is 0.600. The zero-order valence-electron chi connectivity index (χ0n) is 7.93. The summed E-state index contributed by atoms with van der Waals surface area (Å²) in [6.07, 6.45) is 2.63. The Morgan fingerprint density at radius 2 is 1.36 bits per heavy atom. The smallest absolute Gasteiger partial charge is 0.150 e. The third-order valence-electron chi connectivity index (χ3n) is 2.50. The molecule has 0 aromatic carbocycles. The van der Waals surface area contributed by atoms with E-state index < -0.39 is 0 Å². The van der Waals surface area contributed by atoms with Gasteiger partial charge in [-0.05, 0) is 0 Å². The van der Waals surface area contributed by atoms with Gasteiger partial charge in [0.15, 0.2) is 0 Å². The van der Waals surface area contributed by atoms with Crippen molar-refractivity contribution in [3.8, 4) is 0 Å². The summed E-state index contributed by atoms with van der Waals surface area (Å²) < 4.78 is 21.6. The molecule has 2 saturated heterocycles. The van der Waals surface area contributed by atoms with Crippen LogP contribution in [0.4, 0.5) is 0 Å². The highest BCUT2D eigenvalue weighted by Crippen LogP contribution is 2.30. The van der Waals surface area contributed by atoms with Crippen molar-refractivity contribution >= 4 is 0 Å². The van der Waals surface area contributed by atoms with Crippen molar-refractivity contribution < 1.29 is 18.9 Å². The quantitative estimate of drug-likeness (QED) is 0.627. The molecule has 4 atom stereocenters. The maximum atomic E-state index is 5.54. The Balaban J connectivity index is 1.96. The summed E-state index contributed by atoms with van der Waals surface area (Å²) in [5.41, 5.74) is 0. The molecule has 0 spiro atoms. The van der Waals surface area contributed by atoms with Gasteiger partial charge in [0.2, 0.25) is 0 Å². The van der Waals surface area contributed by atoms with Crippen LogP contribution in [-0.2, 0) is 18.9 Å². The number of hydrogen-bond donors (Lipinski definition) is 0. The molecule has 0 bridgehead atoms. The monoisotopic (exact) mass is 198 g/mol. The number of fused-ring (bicyclic) bond motifs is 1. The molecule has 0 radical (unpaired) electrons. The first-order valence-electron chi connectivity index (χ1n) is 4.62. The van der Waals surface area contributed by atoms with Crippen molar-refractivity contribution in [2.45, 2.75) is 24.4 Å². The molecule has 2 aliphatic rings. The van der Waals surface area contributed by atoms with Crippen molar-refractivity contribution in [3.05, 3.63) is 25.7 Å². The van der Waals surface area contributed by atoms with Crippen LogP contribution in [0.5, 0.6) is 0 Å².